The number of hydrogen-bond acceptors (Lipinski definition) is 3. The number of ether oxygens (including phenoxy) is 2. The zero-order chi connectivity index (χ0) is 14.5. The standard InChI is InChI=1S/C17H24O3/c1-4-13-6-5-7-15(10-13)20-16-9-8-14(12(2)18)11-17(16)19-3/h8-9,11,13,15H,4-7,10H2,1-3H3. The van der Waals surface area contributed by atoms with Crippen molar-refractivity contribution in [3.05, 3.63) is 23.8 Å². The second-order valence-electron chi connectivity index (χ2n) is 5.60. The van der Waals surface area contributed by atoms with Crippen LogP contribution in [0.25, 0.3) is 0 Å². The molecule has 0 radical (unpaired) electrons. The summed E-state index contributed by atoms with van der Waals surface area (Å²) in [6, 6.07) is 5.42. The average Bonchev–Trinajstić information content (AvgIpc) is 2.47. The molecule has 2 rings (SSSR count). The van der Waals surface area contributed by atoms with Crippen LogP contribution < -0.4 is 9.47 Å². The predicted octanol–water partition coefficient (Wildman–Crippen LogP) is 4.25. The summed E-state index contributed by atoms with van der Waals surface area (Å²) in [5, 5.41) is 0. The first-order valence-electron chi connectivity index (χ1n) is 7.49. The molecule has 0 amide bonds. The van der Waals surface area contributed by atoms with E-state index in [2.05, 4.69) is 6.92 Å². The number of benzene rings is 1. The van der Waals surface area contributed by atoms with Gasteiger partial charge in [0.1, 0.15) is 0 Å². The molecule has 0 spiro atoms. The van der Waals surface area contributed by atoms with Crippen LogP contribution in [-0.4, -0.2) is 19.0 Å². The van der Waals surface area contributed by atoms with Crippen LogP contribution >= 0.6 is 0 Å². The van der Waals surface area contributed by atoms with E-state index in [9.17, 15) is 4.79 Å². The Kier molecular flexibility index (Phi) is 5.05. The number of carbonyl (C=O) groups is 1. The number of rotatable bonds is 5. The Morgan fingerprint density at radius 2 is 2.10 bits per heavy atom. The van der Waals surface area contributed by atoms with Gasteiger partial charge in [0.2, 0.25) is 0 Å². The van der Waals surface area contributed by atoms with Gasteiger partial charge < -0.3 is 9.47 Å². The smallest absolute Gasteiger partial charge is 0.161 e. The number of carbonyl (C=O) groups excluding carboxylic acids is 1. The van der Waals surface area contributed by atoms with Gasteiger partial charge in [-0.1, -0.05) is 19.8 Å². The zero-order valence-corrected chi connectivity index (χ0v) is 12.6. The fraction of sp³-hybridized carbons (Fsp3) is 0.588. The second kappa shape index (κ2) is 6.78. The highest BCUT2D eigenvalue weighted by Gasteiger charge is 2.23. The largest absolute Gasteiger partial charge is 0.493 e. The Hall–Kier alpha value is -1.51. The van der Waals surface area contributed by atoms with Gasteiger partial charge in [-0.15, -0.1) is 0 Å². The zero-order valence-electron chi connectivity index (χ0n) is 12.6. The van der Waals surface area contributed by atoms with E-state index in [0.29, 0.717) is 11.3 Å². The van der Waals surface area contributed by atoms with Gasteiger partial charge in [0.15, 0.2) is 17.3 Å². The van der Waals surface area contributed by atoms with Crippen molar-refractivity contribution in [2.24, 2.45) is 5.92 Å². The minimum absolute atomic E-state index is 0.0403. The number of Topliss-reactive ketones (excluding diaryl/α,β-unsaturated/α-hetero) is 1. The van der Waals surface area contributed by atoms with Gasteiger partial charge in [0.05, 0.1) is 13.2 Å². The highest BCUT2D eigenvalue weighted by atomic mass is 16.5. The van der Waals surface area contributed by atoms with Crippen LogP contribution in [0.5, 0.6) is 11.5 Å². The van der Waals surface area contributed by atoms with Crippen LogP contribution in [-0.2, 0) is 0 Å². The van der Waals surface area contributed by atoms with Gasteiger partial charge in [0.25, 0.3) is 0 Å². The molecule has 3 nitrogen and oxygen atoms in total. The Labute approximate surface area is 121 Å². The molecule has 0 saturated heterocycles. The maximum atomic E-state index is 11.4. The molecule has 110 valence electrons. The van der Waals surface area contributed by atoms with Gasteiger partial charge in [0, 0.05) is 5.56 Å². The van der Waals surface area contributed by atoms with Gasteiger partial charge >= 0.3 is 0 Å². The SMILES string of the molecule is CCC1CCCC(Oc2ccc(C(C)=O)cc2OC)C1. The molecule has 1 aromatic rings. The van der Waals surface area contributed by atoms with Crippen molar-refractivity contribution in [1.82, 2.24) is 0 Å². The average molecular weight is 276 g/mol. The van der Waals surface area contributed by atoms with Gasteiger partial charge in [-0.25, -0.2) is 0 Å². The quantitative estimate of drug-likeness (QED) is 0.754. The first-order chi connectivity index (χ1) is 9.63. The van der Waals surface area contributed by atoms with Gasteiger partial charge in [-0.05, 0) is 50.3 Å². The lowest BCUT2D eigenvalue weighted by molar-refractivity contribution is 0.101. The molecule has 0 heterocycles. The van der Waals surface area contributed by atoms with Crippen LogP contribution in [0, 0.1) is 5.92 Å². The molecule has 20 heavy (non-hydrogen) atoms. The lowest BCUT2D eigenvalue weighted by Crippen LogP contribution is -2.25. The Balaban J connectivity index is 2.10. The van der Waals surface area contributed by atoms with Crippen molar-refractivity contribution < 1.29 is 14.3 Å². The van der Waals surface area contributed by atoms with Crippen LogP contribution in [0.1, 0.15) is 56.3 Å². The fourth-order valence-electron chi connectivity index (χ4n) is 2.88. The molecule has 3 heteroatoms. The predicted molar refractivity (Wildman–Crippen MR) is 79.7 cm³/mol. The van der Waals surface area contributed by atoms with Crippen molar-refractivity contribution in [3.8, 4) is 11.5 Å². The highest BCUT2D eigenvalue weighted by molar-refractivity contribution is 5.94. The topological polar surface area (TPSA) is 35.5 Å². The number of ketones is 1. The first kappa shape index (κ1) is 14.9. The van der Waals surface area contributed by atoms with E-state index in [0.717, 1.165) is 24.5 Å². The Bertz CT molecular complexity index is 467. The van der Waals surface area contributed by atoms with E-state index >= 15 is 0 Å². The van der Waals surface area contributed by atoms with E-state index in [1.54, 1.807) is 26.2 Å². The minimum Gasteiger partial charge on any atom is -0.493 e. The lowest BCUT2D eigenvalue weighted by Gasteiger charge is -2.29. The molecule has 1 aliphatic carbocycles. The first-order valence-corrected chi connectivity index (χ1v) is 7.49. The molecular weight excluding hydrogens is 252 g/mol. The minimum atomic E-state index is 0.0403. The summed E-state index contributed by atoms with van der Waals surface area (Å²) in [6.07, 6.45) is 6.27. The van der Waals surface area contributed by atoms with Crippen LogP contribution in [0.3, 0.4) is 0 Å². The van der Waals surface area contributed by atoms with E-state index in [1.165, 1.54) is 19.3 Å². The summed E-state index contributed by atoms with van der Waals surface area (Å²) < 4.78 is 11.5. The molecule has 1 aromatic carbocycles. The third-order valence-corrected chi connectivity index (χ3v) is 4.18. The number of hydrogen-bond donors (Lipinski definition) is 0. The Morgan fingerprint density at radius 1 is 1.30 bits per heavy atom. The van der Waals surface area contributed by atoms with Crippen LogP contribution in [0.15, 0.2) is 18.2 Å². The summed E-state index contributed by atoms with van der Waals surface area (Å²) in [7, 11) is 1.61. The third-order valence-electron chi connectivity index (χ3n) is 4.18. The van der Waals surface area contributed by atoms with Crippen molar-refractivity contribution >= 4 is 5.78 Å². The molecule has 1 aliphatic rings. The molecule has 1 fully saturated rings. The van der Waals surface area contributed by atoms with Crippen molar-refractivity contribution in [2.45, 2.75) is 52.1 Å². The lowest BCUT2D eigenvalue weighted by atomic mass is 9.85. The van der Waals surface area contributed by atoms with Crippen LogP contribution in [0.4, 0.5) is 0 Å². The van der Waals surface area contributed by atoms with E-state index < -0.39 is 0 Å². The van der Waals surface area contributed by atoms with E-state index in [-0.39, 0.29) is 11.9 Å². The normalized spacial score (nSPS) is 22.4. The van der Waals surface area contributed by atoms with Gasteiger partial charge in [-0.3, -0.25) is 4.79 Å². The van der Waals surface area contributed by atoms with Crippen molar-refractivity contribution in [1.29, 1.82) is 0 Å². The number of methoxy groups -OCH3 is 1. The summed E-state index contributed by atoms with van der Waals surface area (Å²) in [6.45, 7) is 3.80. The summed E-state index contributed by atoms with van der Waals surface area (Å²) in [5.41, 5.74) is 0.657. The van der Waals surface area contributed by atoms with Crippen LogP contribution in [0.2, 0.25) is 0 Å². The van der Waals surface area contributed by atoms with Crippen molar-refractivity contribution in [2.75, 3.05) is 7.11 Å². The molecule has 0 aliphatic heterocycles. The maximum Gasteiger partial charge on any atom is 0.161 e. The molecule has 0 N–H and O–H groups in total. The molecular formula is C17H24O3. The van der Waals surface area contributed by atoms with E-state index in [1.807, 2.05) is 6.07 Å². The summed E-state index contributed by atoms with van der Waals surface area (Å²) >= 11 is 0. The van der Waals surface area contributed by atoms with E-state index in [4.69, 9.17) is 9.47 Å². The second-order valence-corrected chi connectivity index (χ2v) is 5.60. The highest BCUT2D eigenvalue weighted by Crippen LogP contribution is 2.34. The molecule has 1 saturated carbocycles. The third kappa shape index (κ3) is 3.53. The monoisotopic (exact) mass is 276 g/mol. The fourth-order valence-corrected chi connectivity index (χ4v) is 2.88. The summed E-state index contributed by atoms with van der Waals surface area (Å²) in [5.74, 6) is 2.21. The van der Waals surface area contributed by atoms with Gasteiger partial charge in [-0.2, -0.15) is 0 Å². The molecule has 0 aromatic heterocycles. The molecule has 2 unspecified atom stereocenters. The molecule has 0 bridgehead atoms. The Morgan fingerprint density at radius 3 is 2.75 bits per heavy atom. The van der Waals surface area contributed by atoms with Crippen molar-refractivity contribution in [3.63, 3.8) is 0 Å². The maximum absolute atomic E-state index is 11.4. The summed E-state index contributed by atoms with van der Waals surface area (Å²) in [4.78, 5) is 11.4. The molecule has 2 atom stereocenters.